The molecule has 0 atom stereocenters. The van der Waals surface area contributed by atoms with E-state index in [1.807, 2.05) is 24.4 Å². The molecule has 3 heterocycles. The van der Waals surface area contributed by atoms with Crippen molar-refractivity contribution in [2.45, 2.75) is 13.5 Å². The molecule has 0 aliphatic rings. The van der Waals surface area contributed by atoms with E-state index < -0.39 is 0 Å². The predicted octanol–water partition coefficient (Wildman–Crippen LogP) is 2.48. The first-order chi connectivity index (χ1) is 10.2. The van der Waals surface area contributed by atoms with E-state index in [0.29, 0.717) is 18.1 Å². The Morgan fingerprint density at radius 1 is 1.38 bits per heavy atom. The number of carbonyl (C=O) groups excluding carboxylic acids is 1. The number of carbonyl (C=O) groups is 1. The number of hydrogen-bond acceptors (Lipinski definition) is 5. The quantitative estimate of drug-likeness (QED) is 0.742. The summed E-state index contributed by atoms with van der Waals surface area (Å²) >= 11 is 2.96. The molecule has 0 N–H and O–H groups in total. The molecular weight excluding hydrogens is 306 g/mol. The zero-order chi connectivity index (χ0) is 14.8. The molecule has 0 saturated heterocycles. The summed E-state index contributed by atoms with van der Waals surface area (Å²) in [6.07, 6.45) is 3.02. The third-order valence-electron chi connectivity index (χ3n) is 3.17. The summed E-state index contributed by atoms with van der Waals surface area (Å²) in [7, 11) is 0. The maximum Gasteiger partial charge on any atom is 0.271 e. The van der Waals surface area contributed by atoms with Gasteiger partial charge in [0.25, 0.3) is 11.5 Å². The van der Waals surface area contributed by atoms with E-state index in [1.54, 1.807) is 27.8 Å². The van der Waals surface area contributed by atoms with Gasteiger partial charge in [0, 0.05) is 29.2 Å². The fourth-order valence-electron chi connectivity index (χ4n) is 2.06. The smallest absolute Gasteiger partial charge is 0.271 e. The van der Waals surface area contributed by atoms with Crippen LogP contribution < -0.4 is 5.56 Å². The third-order valence-corrected chi connectivity index (χ3v) is 4.80. The average molecular weight is 319 g/mol. The molecule has 1 amide bonds. The topological polar surface area (TPSA) is 54.7 Å². The molecule has 7 heteroatoms. The van der Waals surface area contributed by atoms with Crippen molar-refractivity contribution in [3.63, 3.8) is 0 Å². The van der Waals surface area contributed by atoms with Crippen molar-refractivity contribution in [1.29, 1.82) is 0 Å². The Morgan fingerprint density at radius 3 is 2.95 bits per heavy atom. The van der Waals surface area contributed by atoms with Gasteiger partial charge in [0.1, 0.15) is 5.56 Å². The molecule has 0 aromatic carbocycles. The van der Waals surface area contributed by atoms with E-state index in [0.717, 1.165) is 4.88 Å². The summed E-state index contributed by atoms with van der Waals surface area (Å²) < 4.78 is 1.41. The first-order valence-electron chi connectivity index (χ1n) is 6.47. The summed E-state index contributed by atoms with van der Waals surface area (Å²) in [6.45, 7) is 2.96. The van der Waals surface area contributed by atoms with Crippen LogP contribution >= 0.6 is 22.7 Å². The van der Waals surface area contributed by atoms with Crippen molar-refractivity contribution in [3.05, 3.63) is 56.1 Å². The van der Waals surface area contributed by atoms with Crippen LogP contribution in [-0.4, -0.2) is 26.7 Å². The van der Waals surface area contributed by atoms with Gasteiger partial charge in [-0.2, -0.15) is 0 Å². The highest BCUT2D eigenvalue weighted by Gasteiger charge is 2.20. The lowest BCUT2D eigenvalue weighted by Gasteiger charge is -2.19. The van der Waals surface area contributed by atoms with Gasteiger partial charge in [0.05, 0.1) is 6.54 Å². The normalized spacial score (nSPS) is 10.9. The van der Waals surface area contributed by atoms with E-state index in [2.05, 4.69) is 4.98 Å². The minimum Gasteiger partial charge on any atom is -0.334 e. The fourth-order valence-corrected chi connectivity index (χ4v) is 3.45. The SMILES string of the molecule is CCN(Cc1cccs1)C(=O)c1cnc2sccn2c1=O. The molecule has 0 saturated carbocycles. The molecule has 0 aliphatic heterocycles. The van der Waals surface area contributed by atoms with Crippen molar-refractivity contribution >= 4 is 33.5 Å². The van der Waals surface area contributed by atoms with Gasteiger partial charge in [-0.05, 0) is 18.4 Å². The highest BCUT2D eigenvalue weighted by Crippen LogP contribution is 2.14. The molecule has 108 valence electrons. The zero-order valence-electron chi connectivity index (χ0n) is 11.4. The van der Waals surface area contributed by atoms with Gasteiger partial charge in [-0.25, -0.2) is 4.98 Å². The monoisotopic (exact) mass is 319 g/mol. The van der Waals surface area contributed by atoms with Crippen molar-refractivity contribution in [2.24, 2.45) is 0 Å². The van der Waals surface area contributed by atoms with Crippen molar-refractivity contribution in [3.8, 4) is 0 Å². The Kier molecular flexibility index (Phi) is 3.85. The van der Waals surface area contributed by atoms with E-state index in [-0.39, 0.29) is 17.0 Å². The number of aromatic nitrogens is 2. The summed E-state index contributed by atoms with van der Waals surface area (Å²) in [4.78, 5) is 32.4. The first kappa shape index (κ1) is 14.0. The molecule has 0 spiro atoms. The van der Waals surface area contributed by atoms with Crippen molar-refractivity contribution < 1.29 is 4.79 Å². The molecule has 21 heavy (non-hydrogen) atoms. The van der Waals surface area contributed by atoms with Gasteiger partial charge in [-0.3, -0.25) is 14.0 Å². The number of thiazole rings is 1. The Hall–Kier alpha value is -1.99. The first-order valence-corrected chi connectivity index (χ1v) is 8.23. The van der Waals surface area contributed by atoms with Gasteiger partial charge >= 0.3 is 0 Å². The van der Waals surface area contributed by atoms with Crippen LogP contribution in [0.25, 0.3) is 4.96 Å². The summed E-state index contributed by atoms with van der Waals surface area (Å²) in [5, 5.41) is 3.75. The molecule has 0 aliphatic carbocycles. The van der Waals surface area contributed by atoms with Crippen molar-refractivity contribution in [1.82, 2.24) is 14.3 Å². The molecule has 5 nitrogen and oxygen atoms in total. The molecule has 0 radical (unpaired) electrons. The second-order valence-corrected chi connectivity index (χ2v) is 6.34. The molecule has 3 aromatic rings. The van der Waals surface area contributed by atoms with Crippen LogP contribution in [0.2, 0.25) is 0 Å². The number of thiophene rings is 1. The van der Waals surface area contributed by atoms with Crippen LogP contribution in [0.4, 0.5) is 0 Å². The average Bonchev–Trinajstić information content (AvgIpc) is 3.16. The van der Waals surface area contributed by atoms with Crippen LogP contribution in [0, 0.1) is 0 Å². The molecule has 0 unspecified atom stereocenters. The van der Waals surface area contributed by atoms with E-state index in [1.165, 1.54) is 21.9 Å². The maximum absolute atomic E-state index is 12.6. The Balaban J connectivity index is 1.94. The van der Waals surface area contributed by atoms with Gasteiger partial charge in [0.2, 0.25) is 0 Å². The van der Waals surface area contributed by atoms with Crippen LogP contribution in [0.5, 0.6) is 0 Å². The van der Waals surface area contributed by atoms with Crippen molar-refractivity contribution in [2.75, 3.05) is 6.54 Å². The standard InChI is InChI=1S/C14H13N3O2S2/c1-2-16(9-10-4-3-6-20-10)12(18)11-8-15-14-17(13(11)19)5-7-21-14/h3-8H,2,9H2,1H3. The molecule has 0 fully saturated rings. The third kappa shape index (κ3) is 2.62. The van der Waals surface area contributed by atoms with E-state index in [9.17, 15) is 9.59 Å². The minimum absolute atomic E-state index is 0.115. The lowest BCUT2D eigenvalue weighted by atomic mass is 10.2. The predicted molar refractivity (Wildman–Crippen MR) is 84.1 cm³/mol. The largest absolute Gasteiger partial charge is 0.334 e. The summed E-state index contributed by atoms with van der Waals surface area (Å²) in [5.74, 6) is -0.274. The second-order valence-electron chi connectivity index (χ2n) is 4.43. The number of amides is 1. The lowest BCUT2D eigenvalue weighted by Crippen LogP contribution is -2.35. The molecule has 3 aromatic heterocycles. The van der Waals surface area contributed by atoms with Crippen LogP contribution in [0.3, 0.4) is 0 Å². The van der Waals surface area contributed by atoms with E-state index >= 15 is 0 Å². The molecule has 0 bridgehead atoms. The zero-order valence-corrected chi connectivity index (χ0v) is 13.0. The molecular formula is C14H13N3O2S2. The van der Waals surface area contributed by atoms with Gasteiger partial charge in [-0.1, -0.05) is 6.07 Å². The highest BCUT2D eigenvalue weighted by molar-refractivity contribution is 7.15. The fraction of sp³-hybridized carbons (Fsp3) is 0.214. The number of nitrogens with zero attached hydrogens (tertiary/aromatic N) is 3. The van der Waals surface area contributed by atoms with E-state index in [4.69, 9.17) is 0 Å². The Morgan fingerprint density at radius 2 is 2.24 bits per heavy atom. The number of rotatable bonds is 4. The van der Waals surface area contributed by atoms with Crippen LogP contribution in [0.1, 0.15) is 22.2 Å². The Labute approximate surface area is 129 Å². The lowest BCUT2D eigenvalue weighted by molar-refractivity contribution is 0.0752. The van der Waals surface area contributed by atoms with Crippen LogP contribution in [0.15, 0.2) is 40.1 Å². The van der Waals surface area contributed by atoms with Gasteiger partial charge in [-0.15, -0.1) is 22.7 Å². The number of hydrogen-bond donors (Lipinski definition) is 0. The van der Waals surface area contributed by atoms with Crippen LogP contribution in [-0.2, 0) is 6.54 Å². The Bertz CT molecular complexity index is 820. The number of fused-ring (bicyclic) bond motifs is 1. The van der Waals surface area contributed by atoms with Gasteiger partial charge < -0.3 is 4.90 Å². The summed E-state index contributed by atoms with van der Waals surface area (Å²) in [6, 6.07) is 3.93. The van der Waals surface area contributed by atoms with Gasteiger partial charge in [0.15, 0.2) is 4.96 Å². The second kappa shape index (κ2) is 5.79. The highest BCUT2D eigenvalue weighted by atomic mass is 32.1. The summed E-state index contributed by atoms with van der Waals surface area (Å²) in [5.41, 5.74) is -0.194. The maximum atomic E-state index is 12.6. The minimum atomic E-state index is -0.309. The molecule has 3 rings (SSSR count).